The quantitative estimate of drug-likeness (QED) is 0.0222. The minimum Gasteiger partial charge on any atom is -0.462 e. The number of phosphoric ester groups is 2. The van der Waals surface area contributed by atoms with Crippen molar-refractivity contribution in [3.8, 4) is 0 Å². The second-order valence-corrected chi connectivity index (χ2v) is 31.6. The van der Waals surface area contributed by atoms with Gasteiger partial charge in [0.1, 0.15) is 19.3 Å². The Labute approximate surface area is 588 Å². The van der Waals surface area contributed by atoms with Crippen molar-refractivity contribution in [2.24, 2.45) is 11.8 Å². The topological polar surface area (TPSA) is 237 Å². The summed E-state index contributed by atoms with van der Waals surface area (Å²) in [6.45, 7) is 9.45. The molecule has 19 heteroatoms. The molecule has 2 unspecified atom stereocenters. The summed E-state index contributed by atoms with van der Waals surface area (Å²) in [6, 6.07) is 0. The Balaban J connectivity index is 5.19. The molecule has 0 saturated heterocycles. The van der Waals surface area contributed by atoms with Crippen molar-refractivity contribution in [2.45, 2.75) is 419 Å². The number of aliphatic hydroxyl groups is 1. The number of aliphatic hydroxyl groups excluding tert-OH is 1. The predicted octanol–water partition coefficient (Wildman–Crippen LogP) is 22.7. The predicted molar refractivity (Wildman–Crippen MR) is 391 cm³/mol. The Morgan fingerprint density at radius 2 is 0.479 bits per heavy atom. The number of hydrogen-bond acceptors (Lipinski definition) is 15. The van der Waals surface area contributed by atoms with E-state index in [1.807, 2.05) is 0 Å². The highest BCUT2D eigenvalue weighted by Gasteiger charge is 2.30. The molecule has 0 saturated carbocycles. The zero-order valence-corrected chi connectivity index (χ0v) is 64.5. The van der Waals surface area contributed by atoms with E-state index in [1.165, 1.54) is 212 Å². The maximum absolute atomic E-state index is 13.1. The van der Waals surface area contributed by atoms with Crippen molar-refractivity contribution >= 4 is 39.5 Å². The fraction of sp³-hybridized carbons (Fsp3) is 0.948. The first kappa shape index (κ1) is 94.1. The Kier molecular flexibility index (Phi) is 67.4. The van der Waals surface area contributed by atoms with Crippen molar-refractivity contribution in [1.82, 2.24) is 0 Å². The molecular weight excluding hydrogens is 1260 g/mol. The Morgan fingerprint density at radius 3 is 0.708 bits per heavy atom. The van der Waals surface area contributed by atoms with Gasteiger partial charge < -0.3 is 33.8 Å². The summed E-state index contributed by atoms with van der Waals surface area (Å²) < 4.78 is 68.5. The number of rotatable bonds is 76. The molecule has 0 aromatic rings. The first-order valence-corrected chi connectivity index (χ1v) is 43.0. The van der Waals surface area contributed by atoms with Crippen LogP contribution in [-0.2, 0) is 65.4 Å². The molecule has 0 aromatic carbocycles. The molecule has 17 nitrogen and oxygen atoms in total. The van der Waals surface area contributed by atoms with Gasteiger partial charge in [0.15, 0.2) is 12.2 Å². The maximum atomic E-state index is 13.1. The first-order chi connectivity index (χ1) is 46.4. The second kappa shape index (κ2) is 68.8. The fourth-order valence-corrected chi connectivity index (χ4v) is 13.4. The van der Waals surface area contributed by atoms with E-state index in [4.69, 9.17) is 37.0 Å². The van der Waals surface area contributed by atoms with Gasteiger partial charge in [-0.2, -0.15) is 0 Å². The molecule has 570 valence electrons. The van der Waals surface area contributed by atoms with Crippen LogP contribution in [0.1, 0.15) is 401 Å². The molecule has 0 aliphatic carbocycles. The van der Waals surface area contributed by atoms with Crippen molar-refractivity contribution in [1.29, 1.82) is 0 Å². The van der Waals surface area contributed by atoms with Gasteiger partial charge in [-0.05, 0) is 37.5 Å². The van der Waals surface area contributed by atoms with Gasteiger partial charge in [0, 0.05) is 25.7 Å². The molecule has 0 bridgehead atoms. The third kappa shape index (κ3) is 70.5. The van der Waals surface area contributed by atoms with Crippen LogP contribution < -0.4 is 0 Å². The van der Waals surface area contributed by atoms with Gasteiger partial charge in [-0.1, -0.05) is 350 Å². The van der Waals surface area contributed by atoms with Crippen LogP contribution in [0.15, 0.2) is 0 Å². The van der Waals surface area contributed by atoms with E-state index in [2.05, 4.69) is 41.5 Å². The summed E-state index contributed by atoms with van der Waals surface area (Å²) in [5.41, 5.74) is 0. The van der Waals surface area contributed by atoms with E-state index in [-0.39, 0.29) is 25.7 Å². The van der Waals surface area contributed by atoms with Gasteiger partial charge in [0.2, 0.25) is 0 Å². The van der Waals surface area contributed by atoms with Gasteiger partial charge in [-0.25, -0.2) is 9.13 Å². The highest BCUT2D eigenvalue weighted by Crippen LogP contribution is 2.45. The Bertz CT molecular complexity index is 1860. The lowest BCUT2D eigenvalue weighted by Crippen LogP contribution is -2.30. The zero-order valence-electron chi connectivity index (χ0n) is 62.7. The molecule has 0 aromatic heterocycles. The number of carbonyl (C=O) groups excluding carboxylic acids is 4. The molecular formula is C77H150O17P2. The van der Waals surface area contributed by atoms with Crippen LogP contribution in [0.5, 0.6) is 0 Å². The Morgan fingerprint density at radius 1 is 0.281 bits per heavy atom. The van der Waals surface area contributed by atoms with E-state index >= 15 is 0 Å². The van der Waals surface area contributed by atoms with E-state index < -0.39 is 97.5 Å². The second-order valence-electron chi connectivity index (χ2n) is 28.7. The zero-order chi connectivity index (χ0) is 70.7. The van der Waals surface area contributed by atoms with Crippen LogP contribution in [0.4, 0.5) is 0 Å². The lowest BCUT2D eigenvalue weighted by molar-refractivity contribution is -0.161. The third-order valence-corrected chi connectivity index (χ3v) is 19.9. The average molecular weight is 1410 g/mol. The number of phosphoric acid groups is 2. The number of carbonyl (C=O) groups is 4. The lowest BCUT2D eigenvalue weighted by atomic mass is 10.0. The largest absolute Gasteiger partial charge is 0.472 e. The highest BCUT2D eigenvalue weighted by atomic mass is 31.2. The maximum Gasteiger partial charge on any atom is 0.472 e. The van der Waals surface area contributed by atoms with Crippen LogP contribution in [0.3, 0.4) is 0 Å². The van der Waals surface area contributed by atoms with Crippen molar-refractivity contribution < 1.29 is 80.2 Å². The minimum atomic E-state index is -4.96. The number of esters is 4. The van der Waals surface area contributed by atoms with Crippen LogP contribution in [0.25, 0.3) is 0 Å². The standard InChI is InChI=1S/C77H150O17P2/c1-7-9-11-13-15-17-19-21-23-25-27-29-31-33-35-37-41-49-55-61-76(81)93-72(65-87-74(79)59-53-47-40-36-34-32-30-28-26-24-22-20-18-16-14-12-10-8-2)67-91-95(83,84)89-63-71(78)64-90-96(85,86)92-68-73(66-88-75(80)60-54-48-44-43-46-52-58-70(5)6)94-77(82)62-56-50-42-38-39-45-51-57-69(3)4/h69-73,78H,7-68H2,1-6H3,(H,83,84)(H,85,86)/t71-,72-,73-/m1/s1. The van der Waals surface area contributed by atoms with Gasteiger partial charge >= 0.3 is 39.5 Å². The monoisotopic (exact) mass is 1410 g/mol. The summed E-state index contributed by atoms with van der Waals surface area (Å²) in [5.74, 6) is -0.745. The minimum absolute atomic E-state index is 0.103. The van der Waals surface area contributed by atoms with Crippen molar-refractivity contribution in [3.05, 3.63) is 0 Å². The molecule has 3 N–H and O–H groups in total. The van der Waals surface area contributed by atoms with Gasteiger partial charge in [-0.15, -0.1) is 0 Å². The molecule has 96 heavy (non-hydrogen) atoms. The van der Waals surface area contributed by atoms with E-state index in [9.17, 15) is 43.2 Å². The fourth-order valence-electron chi connectivity index (χ4n) is 11.8. The smallest absolute Gasteiger partial charge is 0.462 e. The van der Waals surface area contributed by atoms with Gasteiger partial charge in [-0.3, -0.25) is 37.3 Å². The Hall–Kier alpha value is -1.94. The molecule has 0 radical (unpaired) electrons. The third-order valence-electron chi connectivity index (χ3n) is 18.0. The lowest BCUT2D eigenvalue weighted by Gasteiger charge is -2.21. The summed E-state index contributed by atoms with van der Waals surface area (Å²) in [4.78, 5) is 72.7. The van der Waals surface area contributed by atoms with E-state index in [0.717, 1.165) is 96.3 Å². The normalized spacial score (nSPS) is 14.0. The van der Waals surface area contributed by atoms with Crippen LogP contribution in [0.2, 0.25) is 0 Å². The van der Waals surface area contributed by atoms with Gasteiger partial charge in [0.25, 0.3) is 0 Å². The average Bonchev–Trinajstić information content (AvgIpc) is 2.06. The highest BCUT2D eigenvalue weighted by molar-refractivity contribution is 7.47. The van der Waals surface area contributed by atoms with E-state index in [0.29, 0.717) is 37.5 Å². The molecule has 5 atom stereocenters. The van der Waals surface area contributed by atoms with Crippen LogP contribution in [0, 0.1) is 11.8 Å². The SMILES string of the molecule is CCCCCCCCCCCCCCCCCCCCCC(=O)O[C@H](COC(=O)CCCCCCCCCCCCCCCCCCCC)COP(=O)(O)OC[C@@H](O)COP(=O)(O)OC[C@@H](COC(=O)CCCCCCCCC(C)C)OC(=O)CCCCCCCCCC(C)C. The van der Waals surface area contributed by atoms with Crippen LogP contribution >= 0.6 is 15.6 Å². The number of unbranched alkanes of at least 4 members (excludes halogenated alkanes) is 46. The summed E-state index contributed by atoms with van der Waals surface area (Å²) in [5, 5.41) is 10.6. The molecule has 0 rings (SSSR count). The van der Waals surface area contributed by atoms with Crippen molar-refractivity contribution in [2.75, 3.05) is 39.6 Å². The molecule has 0 aliphatic heterocycles. The van der Waals surface area contributed by atoms with Gasteiger partial charge in [0.05, 0.1) is 26.4 Å². The molecule has 0 aliphatic rings. The first-order valence-electron chi connectivity index (χ1n) is 40.0. The molecule has 0 amide bonds. The molecule has 0 fully saturated rings. The van der Waals surface area contributed by atoms with Crippen molar-refractivity contribution in [3.63, 3.8) is 0 Å². The summed E-state index contributed by atoms with van der Waals surface area (Å²) in [7, 11) is -9.91. The van der Waals surface area contributed by atoms with Crippen LogP contribution in [-0.4, -0.2) is 96.7 Å². The number of hydrogen-bond donors (Lipinski definition) is 3. The summed E-state index contributed by atoms with van der Waals surface area (Å²) >= 11 is 0. The molecule has 0 spiro atoms. The van der Waals surface area contributed by atoms with E-state index in [1.54, 1.807) is 0 Å². The molecule has 0 heterocycles. The summed E-state index contributed by atoms with van der Waals surface area (Å²) in [6.07, 6.45) is 57.3. The number of ether oxygens (including phenoxy) is 4.